The van der Waals surface area contributed by atoms with Gasteiger partial charge in [-0.05, 0) is 0 Å². The van der Waals surface area contributed by atoms with E-state index in [-0.39, 0.29) is 73.0 Å². The van der Waals surface area contributed by atoms with Gasteiger partial charge in [-0.25, -0.2) is 0 Å². The Morgan fingerprint density at radius 2 is 1.00 bits per heavy atom. The topological polar surface area (TPSA) is 0 Å². The number of rotatable bonds is 0. The van der Waals surface area contributed by atoms with Gasteiger partial charge in [0.1, 0.15) is 0 Å². The van der Waals surface area contributed by atoms with Crippen LogP contribution >= 0.6 is 0 Å². The van der Waals surface area contributed by atoms with Crippen molar-refractivity contribution in [3.05, 3.63) is 0 Å². The smallest absolute Gasteiger partial charge is 0 e. The van der Waals surface area contributed by atoms with Crippen LogP contribution in [0.4, 0.5) is 0 Å². The van der Waals surface area contributed by atoms with E-state index in [1.54, 1.807) is 0 Å². The Morgan fingerprint density at radius 1 is 1.00 bits per heavy atom. The molecule has 0 atom stereocenters. The van der Waals surface area contributed by atoms with Crippen molar-refractivity contribution < 1.29 is 73.0 Å². The van der Waals surface area contributed by atoms with Gasteiger partial charge in [0, 0.05) is 73.0 Å². The Hall–Kier alpha value is 2.27. The molecule has 0 heterocycles. The average molecular weight is 270 g/mol. The molecule has 0 aliphatic heterocycles. The molecular weight excluding hydrogens is 270 g/mol. The van der Waals surface area contributed by atoms with E-state index in [0.29, 0.717) is 0 Å². The van der Waals surface area contributed by atoms with Crippen LogP contribution in [0.15, 0.2) is 0 Å². The van der Waals surface area contributed by atoms with Crippen molar-refractivity contribution >= 4 is 0 Å². The fraction of sp³-hybridized carbons (Fsp3) is 0. The summed E-state index contributed by atoms with van der Waals surface area (Å²) in [5, 5.41) is 0. The molecule has 0 nitrogen and oxygen atoms in total. The van der Waals surface area contributed by atoms with Crippen LogP contribution in [-0.4, -0.2) is 0 Å². The van der Waals surface area contributed by atoms with E-state index >= 15 is 0 Å². The maximum Gasteiger partial charge on any atom is 0 e. The summed E-state index contributed by atoms with van der Waals surface area (Å²) in [4.78, 5) is 0. The molecule has 0 saturated heterocycles. The summed E-state index contributed by atoms with van der Waals surface area (Å²) >= 11 is 0. The zero-order valence-electron chi connectivity index (χ0n) is 1.44. The quantitative estimate of drug-likeness (QED) is 0.543. The first-order valence-electron chi connectivity index (χ1n) is 0. The summed E-state index contributed by atoms with van der Waals surface area (Å²) in [5.41, 5.74) is 0. The molecule has 0 saturated carbocycles. The van der Waals surface area contributed by atoms with Gasteiger partial charge in [0.05, 0.1) is 0 Å². The predicted molar refractivity (Wildman–Crippen MR) is 0 cm³/mol. The minimum Gasteiger partial charge on any atom is 0 e. The molecule has 4 heavy (non-hydrogen) atoms. The Kier molecular flexibility index (Phi) is 157. The van der Waals surface area contributed by atoms with Crippen molar-refractivity contribution in [1.29, 1.82) is 0 Å². The molecule has 0 N–H and O–H groups in total. The molecule has 0 unspecified atom stereocenters. The first kappa shape index (κ1) is 33.8. The number of hydrogen-bond donors (Lipinski definition) is 0. The fourth-order valence-corrected chi connectivity index (χ4v) is 0. The van der Waals surface area contributed by atoms with Crippen LogP contribution in [0.2, 0.25) is 0 Å². The minimum absolute atomic E-state index is 0. The fourth-order valence-electron chi connectivity index (χ4n) is 0. The van der Waals surface area contributed by atoms with Crippen LogP contribution in [0, 0.1) is 0 Å². The molecule has 0 fully saturated rings. The molecular formula is CuMnNbNi. The zero-order valence-corrected chi connectivity index (χ0v) is 6.75. The third-order valence-corrected chi connectivity index (χ3v) is 0. The third-order valence-electron chi connectivity index (χ3n) is 0. The summed E-state index contributed by atoms with van der Waals surface area (Å²) in [6, 6.07) is 0. The monoisotopic (exact) mass is 269 g/mol. The number of hydrogen-bond acceptors (Lipinski definition) is 0. The van der Waals surface area contributed by atoms with Gasteiger partial charge in [-0.15, -0.1) is 0 Å². The van der Waals surface area contributed by atoms with Crippen LogP contribution in [0.1, 0.15) is 0 Å². The van der Waals surface area contributed by atoms with Gasteiger partial charge in [-0.2, -0.15) is 0 Å². The molecule has 0 spiro atoms. The molecule has 0 aliphatic rings. The van der Waals surface area contributed by atoms with Gasteiger partial charge in [-0.3, -0.25) is 0 Å². The molecule has 0 aliphatic carbocycles. The van der Waals surface area contributed by atoms with E-state index in [0.717, 1.165) is 0 Å². The molecule has 0 rings (SSSR count). The van der Waals surface area contributed by atoms with Gasteiger partial charge in [0.15, 0.2) is 0 Å². The average Bonchev–Trinajstić information content (AvgIpc) is 0. The second-order valence-corrected chi connectivity index (χ2v) is 0. The van der Waals surface area contributed by atoms with Crippen molar-refractivity contribution in [3.8, 4) is 0 Å². The van der Waals surface area contributed by atoms with Crippen LogP contribution < -0.4 is 0 Å². The predicted octanol–water partition coefficient (Wildman–Crippen LogP) is -0.0100. The zero-order chi connectivity index (χ0) is 0. The largest absolute Gasteiger partial charge is 0 e. The summed E-state index contributed by atoms with van der Waals surface area (Å²) in [5.74, 6) is 0. The second kappa shape index (κ2) is 18.6. The Bertz CT molecular complexity index is 8.00. The van der Waals surface area contributed by atoms with Gasteiger partial charge in [-0.1, -0.05) is 0 Å². The van der Waals surface area contributed by atoms with E-state index in [1.165, 1.54) is 0 Å². The summed E-state index contributed by atoms with van der Waals surface area (Å²) in [6.45, 7) is 0. The molecule has 0 bridgehead atoms. The van der Waals surface area contributed by atoms with Gasteiger partial charge in [0.25, 0.3) is 0 Å². The Labute approximate surface area is 72.2 Å². The second-order valence-electron chi connectivity index (χ2n) is 0. The molecule has 0 aromatic heterocycles. The molecule has 3 radical (unpaired) electrons. The Morgan fingerprint density at radius 3 is 1.00 bits per heavy atom. The molecule has 0 aromatic rings. The van der Waals surface area contributed by atoms with Gasteiger partial charge in [0.2, 0.25) is 0 Å². The van der Waals surface area contributed by atoms with E-state index in [9.17, 15) is 0 Å². The molecule has 33 valence electrons. The van der Waals surface area contributed by atoms with Crippen LogP contribution in [-0.2, 0) is 73.0 Å². The molecule has 0 aromatic carbocycles. The summed E-state index contributed by atoms with van der Waals surface area (Å²) in [6.07, 6.45) is 0. The van der Waals surface area contributed by atoms with E-state index in [2.05, 4.69) is 0 Å². The van der Waals surface area contributed by atoms with Crippen molar-refractivity contribution in [1.82, 2.24) is 0 Å². The van der Waals surface area contributed by atoms with Crippen LogP contribution in [0.5, 0.6) is 0 Å². The maximum atomic E-state index is 0. The van der Waals surface area contributed by atoms with E-state index in [1.807, 2.05) is 0 Å². The minimum atomic E-state index is 0. The third kappa shape index (κ3) is 8.86. The Balaban J connectivity index is 0. The van der Waals surface area contributed by atoms with Gasteiger partial charge >= 0.3 is 0 Å². The van der Waals surface area contributed by atoms with Crippen LogP contribution in [0.3, 0.4) is 0 Å². The normalized spacial score (nSPS) is 0. The van der Waals surface area contributed by atoms with Crippen molar-refractivity contribution in [2.75, 3.05) is 0 Å². The summed E-state index contributed by atoms with van der Waals surface area (Å²) in [7, 11) is 0. The van der Waals surface area contributed by atoms with Crippen molar-refractivity contribution in [2.45, 2.75) is 0 Å². The molecule has 4 heteroatoms. The summed E-state index contributed by atoms with van der Waals surface area (Å²) < 4.78 is 0. The van der Waals surface area contributed by atoms with Crippen LogP contribution in [0.25, 0.3) is 0 Å². The maximum absolute atomic E-state index is 0. The SMILES string of the molecule is [Cu].[Mn].[Nb].[Ni]. The van der Waals surface area contributed by atoms with Gasteiger partial charge < -0.3 is 0 Å². The first-order chi connectivity index (χ1) is 0. The molecule has 0 amide bonds. The van der Waals surface area contributed by atoms with E-state index in [4.69, 9.17) is 0 Å². The standard InChI is InChI=1S/Cu.Mn.Nb.Ni. The van der Waals surface area contributed by atoms with E-state index < -0.39 is 0 Å². The first-order valence-corrected chi connectivity index (χ1v) is 0. The van der Waals surface area contributed by atoms with Crippen molar-refractivity contribution in [2.24, 2.45) is 0 Å². The van der Waals surface area contributed by atoms with Crippen molar-refractivity contribution in [3.63, 3.8) is 0 Å².